The Hall–Kier alpha value is -3.48. The van der Waals surface area contributed by atoms with Crippen molar-refractivity contribution in [3.8, 4) is 22.6 Å². The molecule has 0 bridgehead atoms. The monoisotopic (exact) mass is 412 g/mol. The molecule has 0 unspecified atom stereocenters. The lowest BCUT2D eigenvalue weighted by molar-refractivity contribution is 0.101. The number of amides is 1. The molecule has 1 aliphatic heterocycles. The number of hydrogen-bond donors (Lipinski definition) is 1. The van der Waals surface area contributed by atoms with E-state index in [0.29, 0.717) is 24.7 Å². The summed E-state index contributed by atoms with van der Waals surface area (Å²) in [5.41, 5.74) is 2.06. The molecule has 1 amide bonds. The topological polar surface area (TPSA) is 60.5 Å². The molecule has 2 aromatic carbocycles. The van der Waals surface area contributed by atoms with Gasteiger partial charge in [0.1, 0.15) is 36.2 Å². The number of aromatic nitrogens is 1. The fourth-order valence-corrected chi connectivity index (χ4v) is 3.02. The fraction of sp³-hybridized carbons (Fsp3) is 0.217. The maximum Gasteiger partial charge on any atom is 0.262 e. The van der Waals surface area contributed by atoms with Gasteiger partial charge in [0, 0.05) is 11.8 Å². The van der Waals surface area contributed by atoms with Gasteiger partial charge in [0.05, 0.1) is 0 Å². The van der Waals surface area contributed by atoms with Crippen LogP contribution in [-0.4, -0.2) is 24.1 Å². The molecule has 0 atom stereocenters. The molecule has 2 heterocycles. The van der Waals surface area contributed by atoms with Crippen LogP contribution in [0.15, 0.2) is 48.7 Å². The first-order valence-corrected chi connectivity index (χ1v) is 9.65. The molecule has 7 heteroatoms. The summed E-state index contributed by atoms with van der Waals surface area (Å²) in [7, 11) is 0. The average molecular weight is 412 g/mol. The van der Waals surface area contributed by atoms with Crippen LogP contribution in [0.1, 0.15) is 29.8 Å². The van der Waals surface area contributed by atoms with Crippen LogP contribution >= 0.6 is 0 Å². The Bertz CT molecular complexity index is 1030. The Balaban J connectivity index is 0.00000124. The highest BCUT2D eigenvalue weighted by Gasteiger charge is 2.18. The van der Waals surface area contributed by atoms with Gasteiger partial charge in [-0.1, -0.05) is 19.9 Å². The normalized spacial score (nSPS) is 11.9. The van der Waals surface area contributed by atoms with Crippen LogP contribution in [0.5, 0.6) is 11.5 Å². The number of hydrogen-bond acceptors (Lipinski definition) is 4. The van der Waals surface area contributed by atoms with Crippen LogP contribution in [0.3, 0.4) is 0 Å². The van der Waals surface area contributed by atoms with Crippen molar-refractivity contribution < 1.29 is 23.0 Å². The van der Waals surface area contributed by atoms with Gasteiger partial charge in [0.25, 0.3) is 5.91 Å². The molecule has 0 saturated carbocycles. The standard InChI is InChI=1S/C21H16F2N2O3.C2H6/c1-12-9-17-18(28-8-7-27-17)10-14(12)13-5-6-19(24-11-13)25-21(26)20-15(22)3-2-4-16(20)23;1-2/h2-6,9-11H,7-8H2,1H3,(H,24,25,26);1-2H3. The minimum absolute atomic E-state index is 0.187. The maximum absolute atomic E-state index is 13.7. The lowest BCUT2D eigenvalue weighted by atomic mass is 10.0. The van der Waals surface area contributed by atoms with Crippen LogP contribution in [-0.2, 0) is 0 Å². The number of carbonyl (C=O) groups is 1. The molecule has 3 aromatic rings. The number of carbonyl (C=O) groups excluding carboxylic acids is 1. The highest BCUT2D eigenvalue weighted by atomic mass is 19.1. The number of aryl methyl sites for hydroxylation is 1. The SMILES string of the molecule is CC.Cc1cc2c(cc1-c1ccc(NC(=O)c3c(F)cccc3F)nc1)OCCO2. The molecule has 0 spiro atoms. The number of benzene rings is 2. The molecule has 1 N–H and O–H groups in total. The number of halogens is 2. The summed E-state index contributed by atoms with van der Waals surface area (Å²) in [6.45, 7) is 6.96. The van der Waals surface area contributed by atoms with E-state index in [1.165, 1.54) is 6.07 Å². The van der Waals surface area contributed by atoms with E-state index in [1.807, 2.05) is 32.9 Å². The number of rotatable bonds is 3. The highest BCUT2D eigenvalue weighted by Crippen LogP contribution is 2.37. The summed E-state index contributed by atoms with van der Waals surface area (Å²) in [6.07, 6.45) is 1.58. The molecule has 0 aliphatic carbocycles. The molecular weight excluding hydrogens is 390 g/mol. The van der Waals surface area contributed by atoms with Crippen molar-refractivity contribution in [1.82, 2.24) is 4.98 Å². The number of nitrogens with zero attached hydrogens (tertiary/aromatic N) is 1. The van der Waals surface area contributed by atoms with Gasteiger partial charge in [-0.3, -0.25) is 4.79 Å². The molecule has 156 valence electrons. The number of nitrogens with one attached hydrogen (secondary N) is 1. The molecule has 1 aromatic heterocycles. The van der Waals surface area contributed by atoms with Crippen LogP contribution in [0.25, 0.3) is 11.1 Å². The Kier molecular flexibility index (Phi) is 6.61. The first kappa shape index (κ1) is 21.2. The van der Waals surface area contributed by atoms with Gasteiger partial charge in [-0.15, -0.1) is 0 Å². The van der Waals surface area contributed by atoms with Crippen molar-refractivity contribution in [2.45, 2.75) is 20.8 Å². The second-order valence-corrected chi connectivity index (χ2v) is 6.29. The van der Waals surface area contributed by atoms with E-state index in [9.17, 15) is 13.6 Å². The van der Waals surface area contributed by atoms with Crippen molar-refractivity contribution >= 4 is 11.7 Å². The quantitative estimate of drug-likeness (QED) is 0.627. The molecule has 0 radical (unpaired) electrons. The van der Waals surface area contributed by atoms with Gasteiger partial charge >= 0.3 is 0 Å². The number of fused-ring (bicyclic) bond motifs is 1. The minimum atomic E-state index is -0.930. The number of anilines is 1. The zero-order chi connectivity index (χ0) is 21.7. The van der Waals surface area contributed by atoms with E-state index in [4.69, 9.17) is 9.47 Å². The van der Waals surface area contributed by atoms with E-state index < -0.39 is 23.1 Å². The van der Waals surface area contributed by atoms with Crippen molar-refractivity contribution in [1.29, 1.82) is 0 Å². The summed E-state index contributed by atoms with van der Waals surface area (Å²) >= 11 is 0. The Morgan fingerprint density at radius 3 is 2.23 bits per heavy atom. The molecule has 30 heavy (non-hydrogen) atoms. The predicted molar refractivity (Wildman–Crippen MR) is 111 cm³/mol. The van der Waals surface area contributed by atoms with Gasteiger partial charge in [-0.05, 0) is 54.4 Å². The van der Waals surface area contributed by atoms with E-state index in [0.717, 1.165) is 28.8 Å². The van der Waals surface area contributed by atoms with Crippen LogP contribution in [0, 0.1) is 18.6 Å². The van der Waals surface area contributed by atoms with Crippen molar-refractivity contribution in [3.05, 3.63) is 71.4 Å². The van der Waals surface area contributed by atoms with Crippen LogP contribution in [0.4, 0.5) is 14.6 Å². The summed E-state index contributed by atoms with van der Waals surface area (Å²) in [4.78, 5) is 16.3. The minimum Gasteiger partial charge on any atom is -0.486 e. The van der Waals surface area contributed by atoms with E-state index in [-0.39, 0.29) is 5.82 Å². The third-order valence-electron chi connectivity index (χ3n) is 4.40. The van der Waals surface area contributed by atoms with Gasteiger partial charge in [-0.2, -0.15) is 0 Å². The lowest BCUT2D eigenvalue weighted by Gasteiger charge is -2.20. The van der Waals surface area contributed by atoms with Crippen LogP contribution < -0.4 is 14.8 Å². The largest absolute Gasteiger partial charge is 0.486 e. The molecular formula is C23H22F2N2O3. The maximum atomic E-state index is 13.7. The zero-order valence-electron chi connectivity index (χ0n) is 17.0. The number of pyridine rings is 1. The summed E-state index contributed by atoms with van der Waals surface area (Å²) in [6, 6.07) is 10.4. The summed E-state index contributed by atoms with van der Waals surface area (Å²) < 4.78 is 38.6. The third kappa shape index (κ3) is 4.40. The molecule has 0 saturated heterocycles. The van der Waals surface area contributed by atoms with Gasteiger partial charge in [0.2, 0.25) is 0 Å². The first-order chi connectivity index (χ1) is 14.5. The second-order valence-electron chi connectivity index (χ2n) is 6.29. The smallest absolute Gasteiger partial charge is 0.262 e. The van der Waals surface area contributed by atoms with E-state index in [1.54, 1.807) is 18.3 Å². The summed E-state index contributed by atoms with van der Waals surface area (Å²) in [5.74, 6) is -1.20. The van der Waals surface area contributed by atoms with Gasteiger partial charge in [-0.25, -0.2) is 13.8 Å². The fourth-order valence-electron chi connectivity index (χ4n) is 3.02. The van der Waals surface area contributed by atoms with E-state index >= 15 is 0 Å². The summed E-state index contributed by atoms with van der Waals surface area (Å²) in [5, 5.41) is 2.41. The van der Waals surface area contributed by atoms with Crippen molar-refractivity contribution in [2.24, 2.45) is 0 Å². The van der Waals surface area contributed by atoms with Crippen molar-refractivity contribution in [2.75, 3.05) is 18.5 Å². The third-order valence-corrected chi connectivity index (χ3v) is 4.40. The van der Waals surface area contributed by atoms with Crippen LogP contribution in [0.2, 0.25) is 0 Å². The molecule has 5 nitrogen and oxygen atoms in total. The highest BCUT2D eigenvalue weighted by molar-refractivity contribution is 6.04. The van der Waals surface area contributed by atoms with E-state index in [2.05, 4.69) is 10.3 Å². The van der Waals surface area contributed by atoms with Gasteiger partial charge < -0.3 is 14.8 Å². The second kappa shape index (κ2) is 9.35. The average Bonchev–Trinajstić information content (AvgIpc) is 2.75. The Labute approximate surface area is 173 Å². The Morgan fingerprint density at radius 1 is 1.00 bits per heavy atom. The predicted octanol–water partition coefficient (Wildman–Crippen LogP) is 5.38. The molecule has 1 aliphatic rings. The molecule has 0 fully saturated rings. The van der Waals surface area contributed by atoms with Crippen molar-refractivity contribution in [3.63, 3.8) is 0 Å². The Morgan fingerprint density at radius 2 is 1.63 bits per heavy atom. The van der Waals surface area contributed by atoms with Gasteiger partial charge in [0.15, 0.2) is 11.5 Å². The number of ether oxygens (including phenoxy) is 2. The zero-order valence-corrected chi connectivity index (χ0v) is 17.0. The first-order valence-electron chi connectivity index (χ1n) is 9.65. The lowest BCUT2D eigenvalue weighted by Crippen LogP contribution is -2.16. The molecule has 4 rings (SSSR count).